The van der Waals surface area contributed by atoms with Crippen LogP contribution in [0.25, 0.3) is 0 Å². The lowest BCUT2D eigenvalue weighted by molar-refractivity contribution is -0.142. The zero-order valence-corrected chi connectivity index (χ0v) is 7.37. The zero-order valence-electron chi connectivity index (χ0n) is 7.37. The number of pyridine rings is 1. The van der Waals surface area contributed by atoms with E-state index in [0.29, 0.717) is 6.20 Å². The van der Waals surface area contributed by atoms with Crippen molar-refractivity contribution in [3.63, 3.8) is 0 Å². The Balaban J connectivity index is 3.53. The standard InChI is InChI=1S/C8H5F6N/c1-3-2-15-7(11)5(8(12,13)14)4(3)6(9)10/h2,6H,1H3. The summed E-state index contributed by atoms with van der Waals surface area (Å²) in [5, 5.41) is 0. The molecule has 0 saturated carbocycles. The lowest BCUT2D eigenvalue weighted by Crippen LogP contribution is -2.15. The molecule has 0 aromatic carbocycles. The van der Waals surface area contributed by atoms with Crippen LogP contribution in [0, 0.1) is 12.9 Å². The Morgan fingerprint density at radius 3 is 2.13 bits per heavy atom. The molecule has 0 aliphatic carbocycles. The fourth-order valence-corrected chi connectivity index (χ4v) is 1.15. The van der Waals surface area contributed by atoms with Gasteiger partial charge in [-0.15, -0.1) is 0 Å². The van der Waals surface area contributed by atoms with E-state index >= 15 is 0 Å². The smallest absolute Gasteiger partial charge is 0.227 e. The van der Waals surface area contributed by atoms with Crippen LogP contribution in [-0.4, -0.2) is 4.98 Å². The van der Waals surface area contributed by atoms with Crippen molar-refractivity contribution in [3.05, 3.63) is 28.8 Å². The summed E-state index contributed by atoms with van der Waals surface area (Å²) in [6.07, 6.45) is -7.92. The normalized spacial score (nSPS) is 12.3. The van der Waals surface area contributed by atoms with Crippen molar-refractivity contribution in [2.45, 2.75) is 19.5 Å². The maximum Gasteiger partial charge on any atom is 0.421 e. The highest BCUT2D eigenvalue weighted by atomic mass is 19.4. The quantitative estimate of drug-likeness (QED) is 0.530. The Labute approximate surface area is 80.7 Å². The van der Waals surface area contributed by atoms with Crippen LogP contribution in [0.3, 0.4) is 0 Å². The molecule has 0 atom stereocenters. The van der Waals surface area contributed by atoms with Crippen molar-refractivity contribution >= 4 is 0 Å². The average molecular weight is 229 g/mol. The van der Waals surface area contributed by atoms with Gasteiger partial charge in [0.25, 0.3) is 6.43 Å². The van der Waals surface area contributed by atoms with Gasteiger partial charge in [-0.05, 0) is 12.5 Å². The molecule has 84 valence electrons. The fourth-order valence-electron chi connectivity index (χ4n) is 1.15. The van der Waals surface area contributed by atoms with E-state index in [1.807, 2.05) is 0 Å². The second kappa shape index (κ2) is 3.71. The van der Waals surface area contributed by atoms with Crippen molar-refractivity contribution < 1.29 is 26.3 Å². The minimum Gasteiger partial charge on any atom is -0.227 e. The van der Waals surface area contributed by atoms with E-state index in [1.165, 1.54) is 0 Å². The Morgan fingerprint density at radius 2 is 1.80 bits per heavy atom. The molecular weight excluding hydrogens is 224 g/mol. The molecule has 0 spiro atoms. The first-order chi connectivity index (χ1) is 6.75. The molecule has 0 unspecified atom stereocenters. The van der Waals surface area contributed by atoms with Crippen LogP contribution in [0.5, 0.6) is 0 Å². The molecule has 1 aromatic rings. The predicted molar refractivity (Wildman–Crippen MR) is 38.9 cm³/mol. The SMILES string of the molecule is Cc1cnc(F)c(C(F)(F)F)c1C(F)F. The van der Waals surface area contributed by atoms with E-state index in [4.69, 9.17) is 0 Å². The third kappa shape index (κ3) is 2.21. The second-order valence-corrected chi connectivity index (χ2v) is 2.82. The number of nitrogens with zero attached hydrogens (tertiary/aromatic N) is 1. The van der Waals surface area contributed by atoms with Gasteiger partial charge in [-0.2, -0.15) is 17.6 Å². The molecule has 0 aliphatic rings. The summed E-state index contributed by atoms with van der Waals surface area (Å²) < 4.78 is 74.0. The molecule has 0 amide bonds. The van der Waals surface area contributed by atoms with Gasteiger partial charge in [-0.25, -0.2) is 13.8 Å². The van der Waals surface area contributed by atoms with Crippen LogP contribution >= 0.6 is 0 Å². The Hall–Kier alpha value is -1.27. The second-order valence-electron chi connectivity index (χ2n) is 2.82. The first-order valence-corrected chi connectivity index (χ1v) is 3.75. The number of halogens is 6. The third-order valence-corrected chi connectivity index (χ3v) is 1.77. The van der Waals surface area contributed by atoms with E-state index < -0.39 is 35.2 Å². The molecular formula is C8H5F6N. The number of hydrogen-bond acceptors (Lipinski definition) is 1. The predicted octanol–water partition coefficient (Wildman–Crippen LogP) is 3.49. The van der Waals surface area contributed by atoms with Gasteiger partial charge < -0.3 is 0 Å². The first kappa shape index (κ1) is 11.8. The molecule has 1 rings (SSSR count). The van der Waals surface area contributed by atoms with Crippen LogP contribution in [0.15, 0.2) is 6.20 Å². The highest BCUT2D eigenvalue weighted by molar-refractivity contribution is 5.34. The summed E-state index contributed by atoms with van der Waals surface area (Å²) >= 11 is 0. The van der Waals surface area contributed by atoms with E-state index in [-0.39, 0.29) is 0 Å². The fraction of sp³-hybridized carbons (Fsp3) is 0.375. The number of alkyl halides is 5. The molecule has 0 radical (unpaired) electrons. The molecule has 0 bridgehead atoms. The highest BCUT2D eigenvalue weighted by Crippen LogP contribution is 2.38. The summed E-state index contributed by atoms with van der Waals surface area (Å²) in [7, 11) is 0. The van der Waals surface area contributed by atoms with Crippen molar-refractivity contribution in [1.82, 2.24) is 4.98 Å². The van der Waals surface area contributed by atoms with Gasteiger partial charge in [-0.1, -0.05) is 0 Å². The molecule has 0 aliphatic heterocycles. The van der Waals surface area contributed by atoms with E-state index in [0.717, 1.165) is 6.92 Å². The highest BCUT2D eigenvalue weighted by Gasteiger charge is 2.40. The van der Waals surface area contributed by atoms with E-state index in [9.17, 15) is 26.3 Å². The lowest BCUT2D eigenvalue weighted by Gasteiger charge is -2.14. The topological polar surface area (TPSA) is 12.9 Å². The van der Waals surface area contributed by atoms with Gasteiger partial charge in [-0.3, -0.25) is 0 Å². The Morgan fingerprint density at radius 1 is 1.27 bits per heavy atom. The maximum atomic E-state index is 12.7. The van der Waals surface area contributed by atoms with Crippen LogP contribution < -0.4 is 0 Å². The van der Waals surface area contributed by atoms with Gasteiger partial charge >= 0.3 is 6.18 Å². The number of hydrogen-bond donors (Lipinski definition) is 0. The van der Waals surface area contributed by atoms with E-state index in [2.05, 4.69) is 4.98 Å². The number of rotatable bonds is 1. The summed E-state index contributed by atoms with van der Waals surface area (Å²) in [5.41, 5.74) is -3.73. The largest absolute Gasteiger partial charge is 0.421 e. The number of aryl methyl sites for hydroxylation is 1. The summed E-state index contributed by atoms with van der Waals surface area (Å²) in [4.78, 5) is 2.77. The first-order valence-electron chi connectivity index (χ1n) is 3.75. The third-order valence-electron chi connectivity index (χ3n) is 1.77. The maximum absolute atomic E-state index is 12.7. The molecule has 7 heteroatoms. The minimum atomic E-state index is -5.17. The van der Waals surface area contributed by atoms with Crippen LogP contribution in [0.1, 0.15) is 23.1 Å². The van der Waals surface area contributed by atoms with Gasteiger partial charge in [0.1, 0.15) is 5.56 Å². The minimum absolute atomic E-state index is 0.390. The van der Waals surface area contributed by atoms with Crippen molar-refractivity contribution in [2.75, 3.05) is 0 Å². The van der Waals surface area contributed by atoms with Crippen LogP contribution in [0.2, 0.25) is 0 Å². The number of aromatic nitrogens is 1. The molecule has 1 nitrogen and oxygen atoms in total. The summed E-state index contributed by atoms with van der Waals surface area (Å²) in [6.45, 7) is 1.02. The van der Waals surface area contributed by atoms with Gasteiger partial charge in [0.2, 0.25) is 5.95 Å². The van der Waals surface area contributed by atoms with Crippen molar-refractivity contribution in [2.24, 2.45) is 0 Å². The average Bonchev–Trinajstić information content (AvgIpc) is 2.05. The molecule has 1 heterocycles. The lowest BCUT2D eigenvalue weighted by atomic mass is 10.1. The van der Waals surface area contributed by atoms with Gasteiger partial charge in [0.15, 0.2) is 0 Å². The van der Waals surface area contributed by atoms with E-state index in [1.54, 1.807) is 0 Å². The van der Waals surface area contributed by atoms with Crippen LogP contribution in [0.4, 0.5) is 26.3 Å². The van der Waals surface area contributed by atoms with Gasteiger partial charge in [0, 0.05) is 11.8 Å². The van der Waals surface area contributed by atoms with Crippen molar-refractivity contribution in [3.8, 4) is 0 Å². The van der Waals surface area contributed by atoms with Gasteiger partial charge in [0.05, 0.1) is 0 Å². The molecule has 15 heavy (non-hydrogen) atoms. The monoisotopic (exact) mass is 229 g/mol. The Kier molecular flexibility index (Phi) is 2.92. The van der Waals surface area contributed by atoms with Crippen molar-refractivity contribution in [1.29, 1.82) is 0 Å². The molecule has 0 fully saturated rings. The Bertz CT molecular complexity index is 370. The molecule has 0 N–H and O–H groups in total. The molecule has 1 aromatic heterocycles. The summed E-state index contributed by atoms with van der Waals surface area (Å²) in [6, 6.07) is 0. The zero-order chi connectivity index (χ0) is 11.8. The summed E-state index contributed by atoms with van der Waals surface area (Å²) in [5.74, 6) is -1.93. The molecule has 0 saturated heterocycles. The van der Waals surface area contributed by atoms with Crippen LogP contribution in [-0.2, 0) is 6.18 Å².